The van der Waals surface area contributed by atoms with Gasteiger partial charge < -0.3 is 4.90 Å². The lowest BCUT2D eigenvalue weighted by Gasteiger charge is -2.14. The molecule has 0 bridgehead atoms. The van der Waals surface area contributed by atoms with Crippen LogP contribution in [0.3, 0.4) is 0 Å². The van der Waals surface area contributed by atoms with Gasteiger partial charge in [-0.1, -0.05) is 0 Å². The zero-order valence-corrected chi connectivity index (χ0v) is 8.40. The Hall–Kier alpha value is 0.110. The third kappa shape index (κ3) is 1.44. The van der Waals surface area contributed by atoms with Gasteiger partial charge in [0.15, 0.2) is 0 Å². The van der Waals surface area contributed by atoms with E-state index >= 15 is 0 Å². The molecular weight excluding hydrogens is 194 g/mol. The van der Waals surface area contributed by atoms with Crippen molar-refractivity contribution in [2.45, 2.75) is 0 Å². The van der Waals surface area contributed by atoms with Crippen LogP contribution in [0.4, 0.5) is 0 Å². The molecule has 0 aliphatic carbocycles. The number of carbonyl (C=O) groups excluding carboxylic acids is 1. The number of amides is 1. The fourth-order valence-corrected chi connectivity index (χ4v) is 3.64. The molecule has 0 aromatic heterocycles. The Bertz CT molecular complexity index is 187. The number of halogens is 1. The molecule has 0 spiro atoms. The third-order valence-electron chi connectivity index (χ3n) is 2.71. The van der Waals surface area contributed by atoms with E-state index in [9.17, 15) is 4.79 Å². The molecule has 68 valence electrons. The van der Waals surface area contributed by atoms with E-state index in [2.05, 4.69) is 0 Å². The van der Waals surface area contributed by atoms with Crippen molar-refractivity contribution in [3.05, 3.63) is 0 Å². The highest BCUT2D eigenvalue weighted by molar-refractivity contribution is 7.99. The molecule has 2 saturated heterocycles. The molecule has 2 aliphatic heterocycles. The van der Waals surface area contributed by atoms with E-state index in [1.165, 1.54) is 11.5 Å². The molecule has 2 aliphatic rings. The first kappa shape index (κ1) is 8.70. The van der Waals surface area contributed by atoms with Crippen molar-refractivity contribution in [1.29, 1.82) is 0 Å². The average molecular weight is 206 g/mol. The Morgan fingerprint density at radius 1 is 1.42 bits per heavy atom. The fourth-order valence-electron chi connectivity index (χ4n) is 1.98. The summed E-state index contributed by atoms with van der Waals surface area (Å²) in [5.41, 5.74) is 0. The summed E-state index contributed by atoms with van der Waals surface area (Å²) in [6.07, 6.45) is 0. The molecule has 12 heavy (non-hydrogen) atoms. The molecule has 2 rings (SSSR count). The van der Waals surface area contributed by atoms with Crippen LogP contribution < -0.4 is 0 Å². The smallest absolute Gasteiger partial charge is 0.237 e. The second kappa shape index (κ2) is 3.46. The number of likely N-dealkylation sites (tertiary alicyclic amines) is 1. The molecule has 0 N–H and O–H groups in total. The molecule has 2 atom stereocenters. The summed E-state index contributed by atoms with van der Waals surface area (Å²) < 4.78 is 0. The molecule has 0 aromatic carbocycles. The number of alkyl halides is 1. The van der Waals surface area contributed by atoms with Crippen molar-refractivity contribution >= 4 is 29.3 Å². The minimum Gasteiger partial charge on any atom is -0.341 e. The Kier molecular flexibility index (Phi) is 2.51. The zero-order valence-electron chi connectivity index (χ0n) is 6.83. The molecule has 0 saturated carbocycles. The molecule has 2 nitrogen and oxygen atoms in total. The molecule has 1 amide bonds. The van der Waals surface area contributed by atoms with Gasteiger partial charge in [-0.3, -0.25) is 4.79 Å². The second-order valence-electron chi connectivity index (χ2n) is 3.49. The van der Waals surface area contributed by atoms with Crippen LogP contribution in [-0.4, -0.2) is 41.3 Å². The fraction of sp³-hybridized carbons (Fsp3) is 0.875. The van der Waals surface area contributed by atoms with Crippen molar-refractivity contribution in [3.63, 3.8) is 0 Å². The lowest BCUT2D eigenvalue weighted by Crippen LogP contribution is -2.30. The molecule has 2 fully saturated rings. The van der Waals surface area contributed by atoms with Crippen molar-refractivity contribution < 1.29 is 4.79 Å². The SMILES string of the molecule is O=C(CCl)N1C[C@@H]2CSC[C@H]2C1. The van der Waals surface area contributed by atoms with Crippen molar-refractivity contribution in [3.8, 4) is 0 Å². The van der Waals surface area contributed by atoms with E-state index in [1.54, 1.807) is 0 Å². The van der Waals surface area contributed by atoms with E-state index in [4.69, 9.17) is 11.6 Å². The predicted molar refractivity (Wildman–Crippen MR) is 51.6 cm³/mol. The lowest BCUT2D eigenvalue weighted by atomic mass is 10.0. The lowest BCUT2D eigenvalue weighted by molar-refractivity contribution is -0.127. The largest absolute Gasteiger partial charge is 0.341 e. The Labute approximate surface area is 81.6 Å². The van der Waals surface area contributed by atoms with Gasteiger partial charge in [0.2, 0.25) is 5.91 Å². The second-order valence-corrected chi connectivity index (χ2v) is 4.83. The van der Waals surface area contributed by atoms with Gasteiger partial charge in [0.1, 0.15) is 5.88 Å². The van der Waals surface area contributed by atoms with Gasteiger partial charge in [0.25, 0.3) is 0 Å². The topological polar surface area (TPSA) is 20.3 Å². The monoisotopic (exact) mass is 205 g/mol. The molecule has 0 aromatic rings. The first-order valence-electron chi connectivity index (χ1n) is 4.22. The first-order valence-corrected chi connectivity index (χ1v) is 5.91. The number of rotatable bonds is 1. The molecular formula is C8H12ClNOS. The summed E-state index contributed by atoms with van der Waals surface area (Å²) in [5.74, 6) is 4.22. The van der Waals surface area contributed by atoms with Crippen LogP contribution >= 0.6 is 23.4 Å². The number of thioether (sulfide) groups is 1. The van der Waals surface area contributed by atoms with Crippen molar-refractivity contribution in [1.82, 2.24) is 4.90 Å². The summed E-state index contributed by atoms with van der Waals surface area (Å²) in [5, 5.41) is 0. The number of fused-ring (bicyclic) bond motifs is 1. The van der Waals surface area contributed by atoms with E-state index in [-0.39, 0.29) is 11.8 Å². The van der Waals surface area contributed by atoms with Crippen LogP contribution in [0.25, 0.3) is 0 Å². The maximum atomic E-state index is 11.2. The number of hydrogen-bond donors (Lipinski definition) is 0. The first-order chi connectivity index (χ1) is 5.81. The van der Waals surface area contributed by atoms with Gasteiger partial charge in [0, 0.05) is 13.1 Å². The highest BCUT2D eigenvalue weighted by atomic mass is 35.5. The minimum atomic E-state index is 0.107. The normalized spacial score (nSPS) is 33.9. The van der Waals surface area contributed by atoms with Crippen LogP contribution in [0, 0.1) is 11.8 Å². The van der Waals surface area contributed by atoms with Crippen LogP contribution in [0.1, 0.15) is 0 Å². The van der Waals surface area contributed by atoms with E-state index in [0.29, 0.717) is 0 Å². The van der Waals surface area contributed by atoms with Gasteiger partial charge in [-0.05, 0) is 23.3 Å². The molecule has 0 unspecified atom stereocenters. The highest BCUT2D eigenvalue weighted by Gasteiger charge is 2.37. The predicted octanol–water partition coefficient (Wildman–Crippen LogP) is 1.05. The maximum Gasteiger partial charge on any atom is 0.237 e. The van der Waals surface area contributed by atoms with E-state index < -0.39 is 0 Å². The van der Waals surface area contributed by atoms with Crippen LogP contribution in [-0.2, 0) is 4.79 Å². The third-order valence-corrected chi connectivity index (χ3v) is 4.26. The minimum absolute atomic E-state index is 0.107. The Morgan fingerprint density at radius 3 is 2.50 bits per heavy atom. The van der Waals surface area contributed by atoms with E-state index in [0.717, 1.165) is 24.9 Å². The molecule has 2 heterocycles. The average Bonchev–Trinajstić information content (AvgIpc) is 2.60. The van der Waals surface area contributed by atoms with Crippen LogP contribution in [0.2, 0.25) is 0 Å². The van der Waals surface area contributed by atoms with Gasteiger partial charge in [-0.2, -0.15) is 11.8 Å². The van der Waals surface area contributed by atoms with Crippen LogP contribution in [0.5, 0.6) is 0 Å². The summed E-state index contributed by atoms with van der Waals surface area (Å²) in [6.45, 7) is 1.90. The van der Waals surface area contributed by atoms with Crippen molar-refractivity contribution in [2.24, 2.45) is 11.8 Å². The van der Waals surface area contributed by atoms with Gasteiger partial charge in [0.05, 0.1) is 0 Å². The van der Waals surface area contributed by atoms with Gasteiger partial charge in [-0.15, -0.1) is 11.6 Å². The van der Waals surface area contributed by atoms with Gasteiger partial charge in [-0.25, -0.2) is 0 Å². The number of hydrogen-bond acceptors (Lipinski definition) is 2. The summed E-state index contributed by atoms with van der Waals surface area (Å²) in [7, 11) is 0. The Balaban J connectivity index is 1.94. The van der Waals surface area contributed by atoms with E-state index in [1.807, 2.05) is 16.7 Å². The Morgan fingerprint density at radius 2 is 2.00 bits per heavy atom. The van der Waals surface area contributed by atoms with Crippen molar-refractivity contribution in [2.75, 3.05) is 30.5 Å². The summed E-state index contributed by atoms with van der Waals surface area (Å²) in [4.78, 5) is 13.2. The van der Waals surface area contributed by atoms with Crippen LogP contribution in [0.15, 0.2) is 0 Å². The zero-order chi connectivity index (χ0) is 8.55. The number of nitrogens with zero attached hydrogens (tertiary/aromatic N) is 1. The summed E-state index contributed by atoms with van der Waals surface area (Å²) >= 11 is 7.51. The molecule has 4 heteroatoms. The molecule has 0 radical (unpaired) electrons. The maximum absolute atomic E-state index is 11.2. The van der Waals surface area contributed by atoms with Gasteiger partial charge >= 0.3 is 0 Å². The summed E-state index contributed by atoms with van der Waals surface area (Å²) in [6, 6.07) is 0. The standard InChI is InChI=1S/C8H12ClNOS/c9-1-8(11)10-2-6-4-12-5-7(6)3-10/h6-7H,1-5H2/t6-,7-/m1/s1. The number of carbonyl (C=O) groups is 1. The quantitative estimate of drug-likeness (QED) is 0.597. The highest BCUT2D eigenvalue weighted by Crippen LogP contribution is 2.35.